The highest BCUT2D eigenvalue weighted by Crippen LogP contribution is 2.22. The molecule has 0 fully saturated rings. The maximum atomic E-state index is 13.9. The minimum Gasteiger partial charge on any atom is -0.494 e. The van der Waals surface area contributed by atoms with Crippen LogP contribution in [0.1, 0.15) is 37.4 Å². The van der Waals surface area contributed by atoms with Gasteiger partial charge in [0.2, 0.25) is 0 Å². The summed E-state index contributed by atoms with van der Waals surface area (Å²) in [6, 6.07) is 17.1. The Kier molecular flexibility index (Phi) is 6.70. The zero-order valence-electron chi connectivity index (χ0n) is 18.7. The van der Waals surface area contributed by atoms with Crippen molar-refractivity contribution < 1.29 is 18.7 Å². The number of nitrogens with zero attached hydrogens (tertiary/aromatic N) is 1. The summed E-state index contributed by atoms with van der Waals surface area (Å²) >= 11 is 0. The Morgan fingerprint density at radius 2 is 1.82 bits per heavy atom. The number of likely N-dealkylation sites (N-methyl/N-ethyl adjacent to an activating group) is 1. The van der Waals surface area contributed by atoms with Crippen molar-refractivity contribution >= 4 is 17.5 Å². The third-order valence-electron chi connectivity index (χ3n) is 5.72. The number of amides is 2. The standard InChI is InChI=1S/C26H26FN3O3/c1-30-11-10-18-6-8-22(13-21(18)16-30)29-26(32)19-5-3-4-17(12-19)15-28-25(31)20-7-9-24(33-2)23(27)14-20/h3-9,12-14H,10-11,15-16H2,1-2H3,(H,28,31)(H,29,32). The number of hydrogen-bond donors (Lipinski definition) is 2. The van der Waals surface area contributed by atoms with Gasteiger partial charge >= 0.3 is 0 Å². The SMILES string of the molecule is COc1ccc(C(=O)NCc2cccc(C(=O)Nc3ccc4c(c3)CN(C)CC4)c2)cc1F. The van der Waals surface area contributed by atoms with Gasteiger partial charge in [0.15, 0.2) is 11.6 Å². The molecule has 6 nitrogen and oxygen atoms in total. The lowest BCUT2D eigenvalue weighted by Gasteiger charge is -2.25. The van der Waals surface area contributed by atoms with Gasteiger partial charge in [0.05, 0.1) is 7.11 Å². The maximum Gasteiger partial charge on any atom is 0.255 e. The van der Waals surface area contributed by atoms with Crippen molar-refractivity contribution in [3.63, 3.8) is 0 Å². The highest BCUT2D eigenvalue weighted by atomic mass is 19.1. The van der Waals surface area contributed by atoms with Crippen LogP contribution in [0.3, 0.4) is 0 Å². The second-order valence-electron chi connectivity index (χ2n) is 8.16. The smallest absolute Gasteiger partial charge is 0.255 e. The number of ether oxygens (including phenoxy) is 1. The van der Waals surface area contributed by atoms with E-state index in [1.807, 2.05) is 18.2 Å². The minimum atomic E-state index is -0.599. The monoisotopic (exact) mass is 447 g/mol. The van der Waals surface area contributed by atoms with Crippen molar-refractivity contribution in [3.8, 4) is 5.75 Å². The summed E-state index contributed by atoms with van der Waals surface area (Å²) in [7, 11) is 3.45. The van der Waals surface area contributed by atoms with Crippen molar-refractivity contribution in [1.82, 2.24) is 10.2 Å². The second kappa shape index (κ2) is 9.83. The molecule has 1 heterocycles. The maximum absolute atomic E-state index is 13.9. The van der Waals surface area contributed by atoms with E-state index >= 15 is 0 Å². The molecule has 0 spiro atoms. The van der Waals surface area contributed by atoms with E-state index < -0.39 is 11.7 Å². The molecule has 0 unspecified atom stereocenters. The van der Waals surface area contributed by atoms with Crippen LogP contribution in [0.5, 0.6) is 5.75 Å². The largest absolute Gasteiger partial charge is 0.494 e. The Bertz CT molecular complexity index is 1200. The number of carbonyl (C=O) groups excluding carboxylic acids is 2. The molecule has 2 N–H and O–H groups in total. The zero-order valence-corrected chi connectivity index (χ0v) is 18.7. The van der Waals surface area contributed by atoms with E-state index in [-0.39, 0.29) is 23.8 Å². The number of rotatable bonds is 6. The van der Waals surface area contributed by atoms with Crippen molar-refractivity contribution in [2.45, 2.75) is 19.5 Å². The predicted molar refractivity (Wildman–Crippen MR) is 125 cm³/mol. The quantitative estimate of drug-likeness (QED) is 0.599. The number of carbonyl (C=O) groups is 2. The predicted octanol–water partition coefficient (Wildman–Crippen LogP) is 4.00. The fourth-order valence-corrected chi connectivity index (χ4v) is 3.89. The van der Waals surface area contributed by atoms with Crippen LogP contribution in [-0.2, 0) is 19.5 Å². The van der Waals surface area contributed by atoms with Gasteiger partial charge in [0.1, 0.15) is 0 Å². The molecule has 7 heteroatoms. The van der Waals surface area contributed by atoms with Crippen molar-refractivity contribution in [2.75, 3.05) is 26.0 Å². The van der Waals surface area contributed by atoms with Gasteiger partial charge in [-0.25, -0.2) is 4.39 Å². The van der Waals surface area contributed by atoms with Crippen molar-refractivity contribution in [1.29, 1.82) is 0 Å². The molecule has 0 atom stereocenters. The van der Waals surface area contributed by atoms with Gasteiger partial charge in [-0.3, -0.25) is 9.59 Å². The lowest BCUT2D eigenvalue weighted by molar-refractivity contribution is 0.0950. The molecule has 0 radical (unpaired) electrons. The molecule has 170 valence electrons. The number of fused-ring (bicyclic) bond motifs is 1. The number of benzene rings is 3. The van der Waals surface area contributed by atoms with E-state index in [0.29, 0.717) is 5.56 Å². The molecule has 3 aromatic carbocycles. The highest BCUT2D eigenvalue weighted by molar-refractivity contribution is 6.04. The molecule has 2 amide bonds. The summed E-state index contributed by atoms with van der Waals surface area (Å²) in [5.74, 6) is -1.15. The lowest BCUT2D eigenvalue weighted by atomic mass is 9.99. The van der Waals surface area contributed by atoms with Crippen LogP contribution in [0.25, 0.3) is 0 Å². The molecule has 4 rings (SSSR count). The molecule has 1 aliphatic heterocycles. The summed E-state index contributed by atoms with van der Waals surface area (Å²) in [6.45, 7) is 2.11. The van der Waals surface area contributed by atoms with Crippen LogP contribution in [-0.4, -0.2) is 37.4 Å². The number of hydrogen-bond acceptors (Lipinski definition) is 4. The zero-order chi connectivity index (χ0) is 23.4. The molecule has 3 aromatic rings. The summed E-state index contributed by atoms with van der Waals surface area (Å²) in [4.78, 5) is 27.4. The van der Waals surface area contributed by atoms with E-state index in [2.05, 4.69) is 28.6 Å². The first-order valence-corrected chi connectivity index (χ1v) is 10.8. The Balaban J connectivity index is 1.39. The summed E-state index contributed by atoms with van der Waals surface area (Å²) < 4.78 is 18.7. The van der Waals surface area contributed by atoms with Gasteiger partial charge in [0, 0.05) is 36.4 Å². The molecule has 0 aromatic heterocycles. The topological polar surface area (TPSA) is 70.7 Å². The Morgan fingerprint density at radius 1 is 1.00 bits per heavy atom. The Hall–Kier alpha value is -3.71. The minimum absolute atomic E-state index is 0.0798. The van der Waals surface area contributed by atoms with Gasteiger partial charge in [-0.15, -0.1) is 0 Å². The molecular weight excluding hydrogens is 421 g/mol. The van der Waals surface area contributed by atoms with E-state index in [9.17, 15) is 14.0 Å². The number of nitrogens with one attached hydrogen (secondary N) is 2. The van der Waals surface area contributed by atoms with E-state index in [1.54, 1.807) is 18.2 Å². The van der Waals surface area contributed by atoms with Crippen LogP contribution in [0, 0.1) is 5.82 Å². The highest BCUT2D eigenvalue weighted by Gasteiger charge is 2.15. The van der Waals surface area contributed by atoms with Crippen LogP contribution >= 0.6 is 0 Å². The lowest BCUT2D eigenvalue weighted by Crippen LogP contribution is -2.26. The average molecular weight is 448 g/mol. The first kappa shape index (κ1) is 22.5. The molecule has 0 bridgehead atoms. The first-order valence-electron chi connectivity index (χ1n) is 10.8. The average Bonchev–Trinajstić information content (AvgIpc) is 2.82. The third-order valence-corrected chi connectivity index (χ3v) is 5.72. The molecule has 33 heavy (non-hydrogen) atoms. The fourth-order valence-electron chi connectivity index (χ4n) is 3.89. The van der Waals surface area contributed by atoms with Crippen LogP contribution in [0.4, 0.5) is 10.1 Å². The molecule has 0 saturated carbocycles. The van der Waals surface area contributed by atoms with Gasteiger partial charge < -0.3 is 20.3 Å². The van der Waals surface area contributed by atoms with Gasteiger partial charge in [-0.05, 0) is 72.6 Å². The van der Waals surface area contributed by atoms with Gasteiger partial charge in [-0.1, -0.05) is 18.2 Å². The number of methoxy groups -OCH3 is 1. The molecule has 0 saturated heterocycles. The second-order valence-corrected chi connectivity index (χ2v) is 8.16. The normalized spacial score (nSPS) is 13.2. The Morgan fingerprint density at radius 3 is 2.61 bits per heavy atom. The van der Waals surface area contributed by atoms with Crippen LogP contribution in [0.2, 0.25) is 0 Å². The summed E-state index contributed by atoms with van der Waals surface area (Å²) in [5, 5.41) is 5.71. The molecule has 0 aliphatic carbocycles. The van der Waals surface area contributed by atoms with Gasteiger partial charge in [0.25, 0.3) is 11.8 Å². The first-order chi connectivity index (χ1) is 15.9. The third kappa shape index (κ3) is 5.38. The summed E-state index contributed by atoms with van der Waals surface area (Å²) in [5.41, 5.74) is 4.76. The van der Waals surface area contributed by atoms with Crippen molar-refractivity contribution in [3.05, 3.63) is 94.3 Å². The fraction of sp³-hybridized carbons (Fsp3) is 0.231. The van der Waals surface area contributed by atoms with Crippen molar-refractivity contribution in [2.24, 2.45) is 0 Å². The van der Waals surface area contributed by atoms with E-state index in [0.717, 1.165) is 36.8 Å². The van der Waals surface area contributed by atoms with E-state index in [4.69, 9.17) is 4.74 Å². The summed E-state index contributed by atoms with van der Waals surface area (Å²) in [6.07, 6.45) is 1.01. The van der Waals surface area contributed by atoms with Crippen LogP contribution in [0.15, 0.2) is 60.7 Å². The van der Waals surface area contributed by atoms with E-state index in [1.165, 1.54) is 30.4 Å². The number of anilines is 1. The Labute approximate surface area is 192 Å². The molecular formula is C26H26FN3O3. The van der Waals surface area contributed by atoms with Gasteiger partial charge in [-0.2, -0.15) is 0 Å². The molecule has 1 aliphatic rings. The number of halogens is 1. The van der Waals surface area contributed by atoms with Crippen LogP contribution < -0.4 is 15.4 Å².